The molecule has 0 fully saturated rings. The standard InChI is InChI=1S/C14H24N6/c1-11(2)20-14(13(15)12(3)18-20)17-6-4-5-8-19-9-7-16-10-19/h7,9-11,17H,4-6,8,15H2,1-3H3. The number of aryl methyl sites for hydroxylation is 2. The van der Waals surface area contributed by atoms with Crippen molar-refractivity contribution >= 4 is 11.5 Å². The first-order valence-electron chi connectivity index (χ1n) is 7.13. The van der Waals surface area contributed by atoms with E-state index in [4.69, 9.17) is 5.73 Å². The van der Waals surface area contributed by atoms with Gasteiger partial charge in [0.1, 0.15) is 5.82 Å². The molecule has 2 aromatic rings. The van der Waals surface area contributed by atoms with E-state index in [1.807, 2.05) is 30.3 Å². The molecule has 0 saturated heterocycles. The molecule has 0 bridgehead atoms. The fourth-order valence-corrected chi connectivity index (χ4v) is 2.16. The number of unbranched alkanes of at least 4 members (excludes halogenated alkanes) is 1. The molecule has 0 radical (unpaired) electrons. The first-order valence-corrected chi connectivity index (χ1v) is 7.13. The van der Waals surface area contributed by atoms with Gasteiger partial charge in [0, 0.05) is 31.5 Å². The van der Waals surface area contributed by atoms with Gasteiger partial charge in [0.15, 0.2) is 0 Å². The Bertz CT molecular complexity index is 526. The number of nitrogen functional groups attached to an aromatic ring is 1. The molecule has 20 heavy (non-hydrogen) atoms. The third-order valence-corrected chi connectivity index (χ3v) is 3.32. The van der Waals surface area contributed by atoms with Gasteiger partial charge in [0.25, 0.3) is 0 Å². The van der Waals surface area contributed by atoms with E-state index in [1.54, 1.807) is 0 Å². The van der Waals surface area contributed by atoms with Crippen LogP contribution in [0.15, 0.2) is 18.7 Å². The van der Waals surface area contributed by atoms with Crippen molar-refractivity contribution in [3.05, 3.63) is 24.4 Å². The first kappa shape index (κ1) is 14.4. The van der Waals surface area contributed by atoms with Gasteiger partial charge in [-0.05, 0) is 33.6 Å². The molecule has 2 aromatic heterocycles. The first-order chi connectivity index (χ1) is 9.59. The largest absolute Gasteiger partial charge is 0.394 e. The van der Waals surface area contributed by atoms with Crippen LogP contribution in [0.5, 0.6) is 0 Å². The van der Waals surface area contributed by atoms with Crippen molar-refractivity contribution in [2.45, 2.75) is 46.2 Å². The maximum atomic E-state index is 6.07. The molecule has 3 N–H and O–H groups in total. The van der Waals surface area contributed by atoms with Crippen LogP contribution < -0.4 is 11.1 Å². The Morgan fingerprint density at radius 2 is 2.15 bits per heavy atom. The SMILES string of the molecule is Cc1nn(C(C)C)c(NCCCCn2ccnc2)c1N. The number of anilines is 2. The molecule has 0 unspecified atom stereocenters. The Hall–Kier alpha value is -1.98. The minimum Gasteiger partial charge on any atom is -0.394 e. The van der Waals surface area contributed by atoms with Crippen LogP contribution in [0.4, 0.5) is 11.5 Å². The van der Waals surface area contributed by atoms with Gasteiger partial charge in [-0.3, -0.25) is 0 Å². The third-order valence-electron chi connectivity index (χ3n) is 3.32. The Kier molecular flexibility index (Phi) is 4.65. The van der Waals surface area contributed by atoms with Crippen LogP contribution in [0, 0.1) is 6.92 Å². The summed E-state index contributed by atoms with van der Waals surface area (Å²) in [6.07, 6.45) is 7.84. The average Bonchev–Trinajstić information content (AvgIpc) is 3.01. The predicted octanol–water partition coefficient (Wildman–Crippen LogP) is 2.44. The molecule has 0 aromatic carbocycles. The van der Waals surface area contributed by atoms with E-state index in [2.05, 4.69) is 33.8 Å². The fourth-order valence-electron chi connectivity index (χ4n) is 2.16. The molecular weight excluding hydrogens is 252 g/mol. The second kappa shape index (κ2) is 6.45. The topological polar surface area (TPSA) is 73.7 Å². The number of aromatic nitrogens is 4. The van der Waals surface area contributed by atoms with Gasteiger partial charge >= 0.3 is 0 Å². The highest BCUT2D eigenvalue weighted by molar-refractivity contribution is 5.64. The number of hydrogen-bond acceptors (Lipinski definition) is 4. The minimum atomic E-state index is 0.305. The quantitative estimate of drug-likeness (QED) is 0.762. The van der Waals surface area contributed by atoms with Crippen LogP contribution in [0.1, 0.15) is 38.4 Å². The molecule has 6 nitrogen and oxygen atoms in total. The van der Waals surface area contributed by atoms with E-state index in [1.165, 1.54) is 0 Å². The normalized spacial score (nSPS) is 11.2. The summed E-state index contributed by atoms with van der Waals surface area (Å²) in [6.45, 7) is 8.06. The number of nitrogens with two attached hydrogens (primary N) is 1. The van der Waals surface area contributed by atoms with Crippen LogP contribution in [-0.4, -0.2) is 25.9 Å². The summed E-state index contributed by atoms with van der Waals surface area (Å²) < 4.78 is 4.05. The molecule has 0 aliphatic carbocycles. The lowest BCUT2D eigenvalue weighted by Gasteiger charge is -2.13. The van der Waals surface area contributed by atoms with Crippen LogP contribution >= 0.6 is 0 Å². The zero-order valence-electron chi connectivity index (χ0n) is 12.5. The van der Waals surface area contributed by atoms with E-state index < -0.39 is 0 Å². The molecule has 2 heterocycles. The maximum Gasteiger partial charge on any atom is 0.148 e. The van der Waals surface area contributed by atoms with Crippen LogP contribution in [-0.2, 0) is 6.54 Å². The Labute approximate surface area is 120 Å². The number of rotatable bonds is 7. The van der Waals surface area contributed by atoms with Gasteiger partial charge in [0.2, 0.25) is 0 Å². The van der Waals surface area contributed by atoms with Gasteiger partial charge in [-0.15, -0.1) is 0 Å². The van der Waals surface area contributed by atoms with Crippen LogP contribution in [0.3, 0.4) is 0 Å². The Morgan fingerprint density at radius 1 is 1.35 bits per heavy atom. The van der Waals surface area contributed by atoms with Gasteiger partial charge in [0.05, 0.1) is 17.7 Å². The number of nitrogens with one attached hydrogen (secondary N) is 1. The molecule has 0 aliphatic heterocycles. The lowest BCUT2D eigenvalue weighted by Crippen LogP contribution is -2.12. The lowest BCUT2D eigenvalue weighted by atomic mass is 10.3. The molecule has 0 aliphatic rings. The number of hydrogen-bond donors (Lipinski definition) is 2. The predicted molar refractivity (Wildman–Crippen MR) is 81.7 cm³/mol. The zero-order chi connectivity index (χ0) is 14.5. The average molecular weight is 276 g/mol. The number of nitrogens with zero attached hydrogens (tertiary/aromatic N) is 4. The van der Waals surface area contributed by atoms with Crippen molar-refractivity contribution in [3.8, 4) is 0 Å². The van der Waals surface area contributed by atoms with Crippen molar-refractivity contribution in [3.63, 3.8) is 0 Å². The molecule has 0 amide bonds. The molecule has 2 rings (SSSR count). The van der Waals surface area contributed by atoms with Gasteiger partial charge in [-0.2, -0.15) is 5.10 Å². The lowest BCUT2D eigenvalue weighted by molar-refractivity contribution is 0.533. The van der Waals surface area contributed by atoms with Crippen LogP contribution in [0.2, 0.25) is 0 Å². The Morgan fingerprint density at radius 3 is 2.80 bits per heavy atom. The van der Waals surface area contributed by atoms with Gasteiger partial charge in [-0.25, -0.2) is 9.67 Å². The zero-order valence-corrected chi connectivity index (χ0v) is 12.5. The highest BCUT2D eigenvalue weighted by Crippen LogP contribution is 2.25. The molecular formula is C14H24N6. The van der Waals surface area contributed by atoms with E-state index in [-0.39, 0.29) is 0 Å². The second-order valence-corrected chi connectivity index (χ2v) is 5.32. The summed E-state index contributed by atoms with van der Waals surface area (Å²) in [5.41, 5.74) is 7.72. The Balaban J connectivity index is 1.82. The molecule has 6 heteroatoms. The van der Waals surface area contributed by atoms with Crippen molar-refractivity contribution in [2.75, 3.05) is 17.6 Å². The maximum absolute atomic E-state index is 6.07. The van der Waals surface area contributed by atoms with E-state index in [0.717, 1.165) is 43.1 Å². The molecule has 0 saturated carbocycles. The summed E-state index contributed by atoms with van der Waals surface area (Å²) in [7, 11) is 0. The number of imidazole rings is 1. The summed E-state index contributed by atoms with van der Waals surface area (Å²) in [4.78, 5) is 4.03. The summed E-state index contributed by atoms with van der Waals surface area (Å²) in [5, 5.41) is 7.88. The monoisotopic (exact) mass is 276 g/mol. The van der Waals surface area contributed by atoms with Gasteiger partial charge in [-0.1, -0.05) is 0 Å². The van der Waals surface area contributed by atoms with Crippen LogP contribution in [0.25, 0.3) is 0 Å². The van der Waals surface area contributed by atoms with E-state index >= 15 is 0 Å². The van der Waals surface area contributed by atoms with Crippen molar-refractivity contribution in [2.24, 2.45) is 0 Å². The molecule has 0 spiro atoms. The van der Waals surface area contributed by atoms with Gasteiger partial charge < -0.3 is 15.6 Å². The molecule has 110 valence electrons. The highest BCUT2D eigenvalue weighted by atomic mass is 15.4. The summed E-state index contributed by atoms with van der Waals surface area (Å²) >= 11 is 0. The molecule has 0 atom stereocenters. The van der Waals surface area contributed by atoms with E-state index in [0.29, 0.717) is 6.04 Å². The summed E-state index contributed by atoms with van der Waals surface area (Å²) in [5.74, 6) is 0.945. The fraction of sp³-hybridized carbons (Fsp3) is 0.571. The second-order valence-electron chi connectivity index (χ2n) is 5.32. The smallest absolute Gasteiger partial charge is 0.148 e. The van der Waals surface area contributed by atoms with Crippen molar-refractivity contribution in [1.82, 2.24) is 19.3 Å². The van der Waals surface area contributed by atoms with Crippen molar-refractivity contribution in [1.29, 1.82) is 0 Å². The van der Waals surface area contributed by atoms with Crippen molar-refractivity contribution < 1.29 is 0 Å². The highest BCUT2D eigenvalue weighted by Gasteiger charge is 2.13. The minimum absolute atomic E-state index is 0.305. The van der Waals surface area contributed by atoms with E-state index in [9.17, 15) is 0 Å². The summed E-state index contributed by atoms with van der Waals surface area (Å²) in [6, 6.07) is 0.305. The third kappa shape index (κ3) is 3.31.